The maximum atomic E-state index is 12.8. The highest BCUT2D eigenvalue weighted by molar-refractivity contribution is 5.29. The standard InChI is InChI=1S/C12H16FNO/c13-11-2-1-10(8-12(11)15)7-9-3-5-14-6-4-9/h1-2,8-9,14-15H,3-7H2. The van der Waals surface area contributed by atoms with Crippen LogP contribution < -0.4 is 5.32 Å². The van der Waals surface area contributed by atoms with Crippen molar-refractivity contribution in [2.45, 2.75) is 19.3 Å². The van der Waals surface area contributed by atoms with Gasteiger partial charge in [-0.1, -0.05) is 6.07 Å². The molecule has 1 fully saturated rings. The zero-order valence-electron chi connectivity index (χ0n) is 8.67. The first-order valence-electron chi connectivity index (χ1n) is 5.44. The van der Waals surface area contributed by atoms with Gasteiger partial charge < -0.3 is 10.4 Å². The number of phenolic OH excluding ortho intramolecular Hbond substituents is 1. The molecule has 0 unspecified atom stereocenters. The van der Waals surface area contributed by atoms with E-state index in [-0.39, 0.29) is 5.75 Å². The van der Waals surface area contributed by atoms with Crippen LogP contribution in [-0.4, -0.2) is 18.2 Å². The van der Waals surface area contributed by atoms with Crippen LogP contribution in [0.5, 0.6) is 5.75 Å². The lowest BCUT2D eigenvalue weighted by Gasteiger charge is -2.22. The third kappa shape index (κ3) is 2.69. The number of aromatic hydroxyl groups is 1. The summed E-state index contributed by atoms with van der Waals surface area (Å²) in [6.45, 7) is 2.13. The Morgan fingerprint density at radius 1 is 1.33 bits per heavy atom. The van der Waals surface area contributed by atoms with Gasteiger partial charge in [0.05, 0.1) is 0 Å². The summed E-state index contributed by atoms with van der Waals surface area (Å²) in [7, 11) is 0. The van der Waals surface area contributed by atoms with Crippen molar-refractivity contribution in [1.29, 1.82) is 0 Å². The summed E-state index contributed by atoms with van der Waals surface area (Å²) in [5, 5.41) is 12.6. The number of rotatable bonds is 2. The second kappa shape index (κ2) is 4.62. The van der Waals surface area contributed by atoms with E-state index in [0.29, 0.717) is 5.92 Å². The fourth-order valence-corrected chi connectivity index (χ4v) is 2.10. The molecule has 82 valence electrons. The number of hydrogen-bond acceptors (Lipinski definition) is 2. The van der Waals surface area contributed by atoms with Crippen LogP contribution in [0.4, 0.5) is 4.39 Å². The molecule has 0 aromatic heterocycles. The van der Waals surface area contributed by atoms with Crippen molar-refractivity contribution in [3.05, 3.63) is 29.6 Å². The highest BCUT2D eigenvalue weighted by Crippen LogP contribution is 2.22. The van der Waals surface area contributed by atoms with Crippen LogP contribution in [0, 0.1) is 11.7 Å². The summed E-state index contributed by atoms with van der Waals surface area (Å²) in [5.41, 5.74) is 1.03. The average molecular weight is 209 g/mol. The summed E-state index contributed by atoms with van der Waals surface area (Å²) in [4.78, 5) is 0. The van der Waals surface area contributed by atoms with Gasteiger partial charge in [0.1, 0.15) is 0 Å². The second-order valence-electron chi connectivity index (χ2n) is 4.18. The molecule has 0 radical (unpaired) electrons. The summed E-state index contributed by atoms with van der Waals surface area (Å²) >= 11 is 0. The van der Waals surface area contributed by atoms with Gasteiger partial charge in [0.25, 0.3) is 0 Å². The molecule has 0 aliphatic carbocycles. The SMILES string of the molecule is Oc1cc(CC2CCNCC2)ccc1F. The fraction of sp³-hybridized carbons (Fsp3) is 0.500. The van der Waals surface area contributed by atoms with Crippen LogP contribution in [0.25, 0.3) is 0 Å². The Morgan fingerprint density at radius 3 is 2.73 bits per heavy atom. The number of hydrogen-bond donors (Lipinski definition) is 2. The van der Waals surface area contributed by atoms with Crippen molar-refractivity contribution in [3.63, 3.8) is 0 Å². The molecule has 2 nitrogen and oxygen atoms in total. The first-order valence-corrected chi connectivity index (χ1v) is 5.44. The van der Waals surface area contributed by atoms with E-state index in [1.165, 1.54) is 12.1 Å². The van der Waals surface area contributed by atoms with Crippen LogP contribution in [0.15, 0.2) is 18.2 Å². The number of phenols is 1. The molecular weight excluding hydrogens is 193 g/mol. The Balaban J connectivity index is 2.00. The first-order chi connectivity index (χ1) is 7.25. The maximum absolute atomic E-state index is 12.8. The molecule has 0 saturated carbocycles. The van der Waals surface area contributed by atoms with E-state index in [0.717, 1.165) is 37.9 Å². The van der Waals surface area contributed by atoms with Gasteiger partial charge >= 0.3 is 0 Å². The number of benzene rings is 1. The van der Waals surface area contributed by atoms with Crippen molar-refractivity contribution in [3.8, 4) is 5.75 Å². The normalized spacial score (nSPS) is 17.9. The molecule has 0 atom stereocenters. The molecule has 1 heterocycles. The molecule has 2 N–H and O–H groups in total. The van der Waals surface area contributed by atoms with E-state index in [4.69, 9.17) is 0 Å². The smallest absolute Gasteiger partial charge is 0.164 e. The number of piperidine rings is 1. The molecule has 0 amide bonds. The quantitative estimate of drug-likeness (QED) is 0.781. The zero-order chi connectivity index (χ0) is 10.7. The predicted molar refractivity (Wildman–Crippen MR) is 57.4 cm³/mol. The van der Waals surface area contributed by atoms with Crippen molar-refractivity contribution in [2.24, 2.45) is 5.92 Å². The molecule has 15 heavy (non-hydrogen) atoms. The topological polar surface area (TPSA) is 32.3 Å². The molecule has 1 aliphatic rings. The number of nitrogens with one attached hydrogen (secondary N) is 1. The third-order valence-electron chi connectivity index (χ3n) is 2.99. The Bertz CT molecular complexity index is 334. The van der Waals surface area contributed by atoms with E-state index in [1.807, 2.05) is 0 Å². The van der Waals surface area contributed by atoms with Gasteiger partial charge in [-0.05, 0) is 56.0 Å². The Hall–Kier alpha value is -1.09. The Labute approximate surface area is 89.1 Å². The zero-order valence-corrected chi connectivity index (χ0v) is 8.67. The van der Waals surface area contributed by atoms with Crippen LogP contribution in [0.1, 0.15) is 18.4 Å². The highest BCUT2D eigenvalue weighted by Gasteiger charge is 2.14. The van der Waals surface area contributed by atoms with E-state index in [9.17, 15) is 9.50 Å². The molecule has 1 aliphatic heterocycles. The minimum atomic E-state index is -0.538. The van der Waals surface area contributed by atoms with E-state index < -0.39 is 5.82 Å². The number of halogens is 1. The molecule has 0 bridgehead atoms. The van der Waals surface area contributed by atoms with E-state index >= 15 is 0 Å². The van der Waals surface area contributed by atoms with Crippen LogP contribution in [0.3, 0.4) is 0 Å². The van der Waals surface area contributed by atoms with Crippen molar-refractivity contribution < 1.29 is 9.50 Å². The average Bonchev–Trinajstić information content (AvgIpc) is 2.25. The lowest BCUT2D eigenvalue weighted by molar-refractivity contribution is 0.371. The molecule has 2 rings (SSSR count). The summed E-state index contributed by atoms with van der Waals surface area (Å²) < 4.78 is 12.8. The van der Waals surface area contributed by atoms with Gasteiger partial charge in [-0.3, -0.25) is 0 Å². The van der Waals surface area contributed by atoms with Gasteiger partial charge in [-0.2, -0.15) is 0 Å². The van der Waals surface area contributed by atoms with Crippen LogP contribution >= 0.6 is 0 Å². The minimum absolute atomic E-state index is 0.235. The van der Waals surface area contributed by atoms with Gasteiger partial charge in [0.15, 0.2) is 11.6 Å². The third-order valence-corrected chi connectivity index (χ3v) is 2.99. The predicted octanol–water partition coefficient (Wildman–Crippen LogP) is 2.07. The lowest BCUT2D eigenvalue weighted by atomic mass is 9.91. The monoisotopic (exact) mass is 209 g/mol. The molecule has 1 aromatic carbocycles. The highest BCUT2D eigenvalue weighted by atomic mass is 19.1. The Morgan fingerprint density at radius 2 is 2.07 bits per heavy atom. The van der Waals surface area contributed by atoms with Crippen molar-refractivity contribution >= 4 is 0 Å². The fourth-order valence-electron chi connectivity index (χ4n) is 2.10. The van der Waals surface area contributed by atoms with Crippen LogP contribution in [-0.2, 0) is 6.42 Å². The van der Waals surface area contributed by atoms with Crippen molar-refractivity contribution in [1.82, 2.24) is 5.32 Å². The first kappa shape index (κ1) is 10.4. The molecule has 1 saturated heterocycles. The van der Waals surface area contributed by atoms with Gasteiger partial charge in [0.2, 0.25) is 0 Å². The summed E-state index contributed by atoms with van der Waals surface area (Å²) in [5.74, 6) is -0.110. The second-order valence-corrected chi connectivity index (χ2v) is 4.18. The van der Waals surface area contributed by atoms with Gasteiger partial charge in [-0.25, -0.2) is 4.39 Å². The molecule has 0 spiro atoms. The largest absolute Gasteiger partial charge is 0.505 e. The van der Waals surface area contributed by atoms with Crippen molar-refractivity contribution in [2.75, 3.05) is 13.1 Å². The molecule has 3 heteroatoms. The minimum Gasteiger partial charge on any atom is -0.505 e. The van der Waals surface area contributed by atoms with Gasteiger partial charge in [0, 0.05) is 0 Å². The summed E-state index contributed by atoms with van der Waals surface area (Å²) in [6.07, 6.45) is 3.27. The van der Waals surface area contributed by atoms with E-state index in [1.54, 1.807) is 6.07 Å². The lowest BCUT2D eigenvalue weighted by Crippen LogP contribution is -2.28. The van der Waals surface area contributed by atoms with Crippen LogP contribution in [0.2, 0.25) is 0 Å². The maximum Gasteiger partial charge on any atom is 0.164 e. The molecule has 1 aromatic rings. The van der Waals surface area contributed by atoms with E-state index in [2.05, 4.69) is 5.32 Å². The molecular formula is C12H16FNO. The van der Waals surface area contributed by atoms with Gasteiger partial charge in [-0.15, -0.1) is 0 Å². The Kier molecular flexibility index (Phi) is 3.21. The summed E-state index contributed by atoms with van der Waals surface area (Å²) in [6, 6.07) is 4.64.